The minimum absolute atomic E-state index is 0.268. The number of ether oxygens (including phenoxy) is 1. The van der Waals surface area contributed by atoms with Crippen molar-refractivity contribution >= 4 is 23.4 Å². The van der Waals surface area contributed by atoms with Crippen LogP contribution >= 0.6 is 11.3 Å². The molecular weight excluding hydrogens is 280 g/mol. The number of hydrogen-bond acceptors (Lipinski definition) is 5. The molecule has 7 heteroatoms. The number of aliphatic carboxylic acids is 1. The lowest BCUT2D eigenvalue weighted by atomic mass is 9.94. The summed E-state index contributed by atoms with van der Waals surface area (Å²) in [7, 11) is 0. The molecular formula is C13H20N2O4S. The number of nitrogens with one attached hydrogen (secondary N) is 1. The Hall–Kier alpha value is -1.63. The SMILES string of the molecule is Cc1nc(C(C)(CC(=O)O)NC(=O)OC(C)(C)C)cs1. The summed E-state index contributed by atoms with van der Waals surface area (Å²) in [6.45, 7) is 8.68. The smallest absolute Gasteiger partial charge is 0.408 e. The number of alkyl carbamates (subject to hydrolysis) is 1. The van der Waals surface area contributed by atoms with Crippen molar-refractivity contribution in [2.45, 2.75) is 52.2 Å². The predicted molar refractivity (Wildman–Crippen MR) is 75.8 cm³/mol. The summed E-state index contributed by atoms with van der Waals surface area (Å²) in [5.41, 5.74) is -1.22. The standard InChI is InChI=1S/C13H20N2O4S/c1-8-14-9(7-20-8)13(5,6-10(16)17)15-11(18)19-12(2,3)4/h7H,6H2,1-5H3,(H,15,18)(H,16,17). The second-order valence-corrected chi connectivity index (χ2v) is 6.84. The molecule has 0 fully saturated rings. The Labute approximate surface area is 122 Å². The average Bonchev–Trinajstić information content (AvgIpc) is 2.60. The monoisotopic (exact) mass is 300 g/mol. The average molecular weight is 300 g/mol. The Morgan fingerprint density at radius 1 is 1.40 bits per heavy atom. The lowest BCUT2D eigenvalue weighted by Gasteiger charge is -2.29. The number of amides is 1. The summed E-state index contributed by atoms with van der Waals surface area (Å²) in [4.78, 5) is 27.2. The molecule has 0 radical (unpaired) electrons. The van der Waals surface area contributed by atoms with Crippen LogP contribution in [0.1, 0.15) is 44.8 Å². The first kappa shape index (κ1) is 16.4. The van der Waals surface area contributed by atoms with E-state index in [9.17, 15) is 9.59 Å². The quantitative estimate of drug-likeness (QED) is 0.892. The number of carboxylic acid groups (broad SMARTS) is 1. The largest absolute Gasteiger partial charge is 0.481 e. The highest BCUT2D eigenvalue weighted by Gasteiger charge is 2.35. The second kappa shape index (κ2) is 5.78. The number of thiazole rings is 1. The number of nitrogens with zero attached hydrogens (tertiary/aromatic N) is 1. The Bertz CT molecular complexity index is 507. The maximum Gasteiger partial charge on any atom is 0.408 e. The maximum absolute atomic E-state index is 11.9. The number of carboxylic acids is 1. The van der Waals surface area contributed by atoms with Crippen LogP contribution in [0.4, 0.5) is 4.79 Å². The zero-order valence-electron chi connectivity index (χ0n) is 12.3. The fourth-order valence-electron chi connectivity index (χ4n) is 1.65. The summed E-state index contributed by atoms with van der Waals surface area (Å²) < 4.78 is 5.18. The third-order valence-corrected chi connectivity index (χ3v) is 3.24. The number of hydrogen-bond donors (Lipinski definition) is 2. The lowest BCUT2D eigenvalue weighted by Crippen LogP contribution is -2.47. The van der Waals surface area contributed by atoms with E-state index in [1.165, 1.54) is 11.3 Å². The van der Waals surface area contributed by atoms with Gasteiger partial charge in [0.1, 0.15) is 5.60 Å². The van der Waals surface area contributed by atoms with Gasteiger partial charge in [0, 0.05) is 5.38 Å². The Morgan fingerprint density at radius 3 is 2.40 bits per heavy atom. The van der Waals surface area contributed by atoms with Crippen LogP contribution < -0.4 is 5.32 Å². The van der Waals surface area contributed by atoms with Gasteiger partial charge in [-0.25, -0.2) is 9.78 Å². The first-order valence-electron chi connectivity index (χ1n) is 6.17. The van der Waals surface area contributed by atoms with E-state index in [2.05, 4.69) is 10.3 Å². The highest BCUT2D eigenvalue weighted by molar-refractivity contribution is 7.09. The molecule has 6 nitrogen and oxygen atoms in total. The zero-order chi connectivity index (χ0) is 15.6. The van der Waals surface area contributed by atoms with E-state index in [0.29, 0.717) is 5.69 Å². The maximum atomic E-state index is 11.9. The zero-order valence-corrected chi connectivity index (χ0v) is 13.1. The number of rotatable bonds is 4. The van der Waals surface area contributed by atoms with Crippen LogP contribution in [-0.2, 0) is 15.1 Å². The van der Waals surface area contributed by atoms with Crippen molar-refractivity contribution in [3.05, 3.63) is 16.1 Å². The minimum Gasteiger partial charge on any atom is -0.481 e. The van der Waals surface area contributed by atoms with Crippen molar-refractivity contribution in [1.29, 1.82) is 0 Å². The van der Waals surface area contributed by atoms with Gasteiger partial charge in [0.15, 0.2) is 0 Å². The molecule has 0 saturated carbocycles. The summed E-state index contributed by atoms with van der Waals surface area (Å²) in [6, 6.07) is 0. The molecule has 1 aromatic rings. The van der Waals surface area contributed by atoms with Gasteiger partial charge in [-0.3, -0.25) is 4.79 Å². The van der Waals surface area contributed by atoms with Gasteiger partial charge in [-0.15, -0.1) is 11.3 Å². The van der Waals surface area contributed by atoms with Gasteiger partial charge in [-0.1, -0.05) is 0 Å². The van der Waals surface area contributed by atoms with Crippen molar-refractivity contribution in [3.63, 3.8) is 0 Å². The molecule has 0 spiro atoms. The minimum atomic E-state index is -1.10. The van der Waals surface area contributed by atoms with Gasteiger partial charge >= 0.3 is 12.1 Å². The topological polar surface area (TPSA) is 88.5 Å². The molecule has 2 N–H and O–H groups in total. The normalized spacial score (nSPS) is 14.4. The first-order chi connectivity index (χ1) is 9.02. The van der Waals surface area contributed by atoms with E-state index >= 15 is 0 Å². The molecule has 0 saturated heterocycles. The third-order valence-electron chi connectivity index (χ3n) is 2.47. The van der Waals surface area contributed by atoms with Crippen LogP contribution in [0.15, 0.2) is 5.38 Å². The molecule has 0 aliphatic rings. The molecule has 1 atom stereocenters. The third kappa shape index (κ3) is 4.80. The summed E-state index contributed by atoms with van der Waals surface area (Å²) in [6.07, 6.45) is -0.929. The number of aromatic nitrogens is 1. The molecule has 0 aromatic carbocycles. The Morgan fingerprint density at radius 2 is 2.00 bits per heavy atom. The second-order valence-electron chi connectivity index (χ2n) is 5.78. The predicted octanol–water partition coefficient (Wildman–Crippen LogP) is 2.67. The molecule has 0 bridgehead atoms. The number of carbonyl (C=O) groups is 2. The van der Waals surface area contributed by atoms with Crippen LogP contribution in [0.3, 0.4) is 0 Å². The van der Waals surface area contributed by atoms with E-state index in [1.54, 1.807) is 33.1 Å². The van der Waals surface area contributed by atoms with Crippen LogP contribution in [0.2, 0.25) is 0 Å². The molecule has 1 amide bonds. The molecule has 0 aliphatic heterocycles. The lowest BCUT2D eigenvalue weighted by molar-refractivity contribution is -0.138. The van der Waals surface area contributed by atoms with Crippen molar-refractivity contribution in [2.75, 3.05) is 0 Å². The van der Waals surface area contributed by atoms with Gasteiger partial charge < -0.3 is 15.2 Å². The van der Waals surface area contributed by atoms with E-state index in [1.807, 2.05) is 6.92 Å². The molecule has 1 rings (SSSR count). The van der Waals surface area contributed by atoms with Crippen molar-refractivity contribution in [3.8, 4) is 0 Å². The first-order valence-corrected chi connectivity index (χ1v) is 7.05. The number of aryl methyl sites for hydroxylation is 1. The van der Waals surface area contributed by atoms with Gasteiger partial charge in [0.2, 0.25) is 0 Å². The Kier molecular flexibility index (Phi) is 4.75. The van der Waals surface area contributed by atoms with Crippen LogP contribution in [0.25, 0.3) is 0 Å². The molecule has 1 aromatic heterocycles. The van der Waals surface area contributed by atoms with Crippen LogP contribution in [0.5, 0.6) is 0 Å². The molecule has 20 heavy (non-hydrogen) atoms. The fraction of sp³-hybridized carbons (Fsp3) is 0.615. The summed E-state index contributed by atoms with van der Waals surface area (Å²) in [5.74, 6) is -1.02. The van der Waals surface area contributed by atoms with E-state index in [-0.39, 0.29) is 6.42 Å². The summed E-state index contributed by atoms with van der Waals surface area (Å²) >= 11 is 1.40. The summed E-state index contributed by atoms with van der Waals surface area (Å²) in [5, 5.41) is 14.2. The van der Waals surface area contributed by atoms with E-state index < -0.39 is 23.2 Å². The van der Waals surface area contributed by atoms with Crippen molar-refractivity contribution < 1.29 is 19.4 Å². The van der Waals surface area contributed by atoms with E-state index in [0.717, 1.165) is 5.01 Å². The van der Waals surface area contributed by atoms with Crippen molar-refractivity contribution in [2.24, 2.45) is 0 Å². The van der Waals surface area contributed by atoms with E-state index in [4.69, 9.17) is 9.84 Å². The van der Waals surface area contributed by atoms with Crippen LogP contribution in [0, 0.1) is 6.92 Å². The molecule has 0 aliphatic carbocycles. The van der Waals surface area contributed by atoms with Gasteiger partial charge in [-0.2, -0.15) is 0 Å². The number of carbonyl (C=O) groups excluding carboxylic acids is 1. The molecule has 1 heterocycles. The van der Waals surface area contributed by atoms with Crippen LogP contribution in [-0.4, -0.2) is 27.8 Å². The van der Waals surface area contributed by atoms with Crippen molar-refractivity contribution in [1.82, 2.24) is 10.3 Å². The highest BCUT2D eigenvalue weighted by atomic mass is 32.1. The molecule has 112 valence electrons. The fourth-order valence-corrected chi connectivity index (χ4v) is 2.39. The Balaban J connectivity index is 2.95. The van der Waals surface area contributed by atoms with Gasteiger partial charge in [0.05, 0.1) is 22.7 Å². The molecule has 1 unspecified atom stereocenters. The highest BCUT2D eigenvalue weighted by Crippen LogP contribution is 2.26. The van der Waals surface area contributed by atoms with Gasteiger partial charge in [-0.05, 0) is 34.6 Å². The van der Waals surface area contributed by atoms with Gasteiger partial charge in [0.25, 0.3) is 0 Å².